The minimum atomic E-state index is 0.371. The molecule has 1 fully saturated rings. The quantitative estimate of drug-likeness (QED) is 0.558. The molecule has 0 aliphatic carbocycles. The lowest BCUT2D eigenvalue weighted by Gasteiger charge is -2.21. The van der Waals surface area contributed by atoms with Crippen LogP contribution >= 0.6 is 15.9 Å². The van der Waals surface area contributed by atoms with Gasteiger partial charge in [0, 0.05) is 24.8 Å². The fourth-order valence-electron chi connectivity index (χ4n) is 2.57. The van der Waals surface area contributed by atoms with Crippen molar-refractivity contribution in [3.8, 4) is 0 Å². The highest BCUT2D eigenvalue weighted by Gasteiger charge is 2.21. The smallest absolute Gasteiger partial charge is 0.222 e. The van der Waals surface area contributed by atoms with E-state index in [4.69, 9.17) is 0 Å². The number of rotatable bonds is 5. The average Bonchev–Trinajstić information content (AvgIpc) is 2.54. The highest BCUT2D eigenvalue weighted by atomic mass is 79.9. The van der Waals surface area contributed by atoms with Gasteiger partial charge in [0.15, 0.2) is 0 Å². The van der Waals surface area contributed by atoms with Gasteiger partial charge in [-0.25, -0.2) is 0 Å². The lowest BCUT2D eigenvalue weighted by molar-refractivity contribution is -0.131. The topological polar surface area (TPSA) is 20.3 Å². The summed E-state index contributed by atoms with van der Waals surface area (Å²) in [5, 5.41) is 1.01. The fourth-order valence-corrected chi connectivity index (χ4v) is 2.96. The zero-order valence-corrected chi connectivity index (χ0v) is 12.8. The van der Waals surface area contributed by atoms with Crippen LogP contribution in [0.2, 0.25) is 0 Å². The number of nitrogens with zero attached hydrogens (tertiary/aromatic N) is 1. The highest BCUT2D eigenvalue weighted by Crippen LogP contribution is 2.24. The summed E-state index contributed by atoms with van der Waals surface area (Å²) in [6, 6.07) is 0. The van der Waals surface area contributed by atoms with Crippen LogP contribution in [0.25, 0.3) is 0 Å². The zero-order valence-electron chi connectivity index (χ0n) is 11.3. The molecule has 1 atom stereocenters. The molecular formula is C14H26BrNO. The molecule has 1 saturated heterocycles. The first-order chi connectivity index (χ1) is 8.15. The van der Waals surface area contributed by atoms with Crippen molar-refractivity contribution in [1.82, 2.24) is 4.90 Å². The number of alkyl halides is 1. The fraction of sp³-hybridized carbons (Fsp3) is 0.929. The van der Waals surface area contributed by atoms with Crippen molar-refractivity contribution in [2.45, 2.75) is 52.4 Å². The molecule has 0 aromatic rings. The van der Waals surface area contributed by atoms with E-state index in [0.29, 0.717) is 5.91 Å². The van der Waals surface area contributed by atoms with Gasteiger partial charge in [-0.2, -0.15) is 0 Å². The molecule has 0 radical (unpaired) electrons. The van der Waals surface area contributed by atoms with Gasteiger partial charge in [-0.1, -0.05) is 29.8 Å². The molecule has 17 heavy (non-hydrogen) atoms. The number of amides is 1. The Morgan fingerprint density at radius 1 is 1.29 bits per heavy atom. The van der Waals surface area contributed by atoms with E-state index >= 15 is 0 Å². The maximum Gasteiger partial charge on any atom is 0.222 e. The molecule has 1 unspecified atom stereocenters. The Hall–Kier alpha value is -0.0500. The van der Waals surface area contributed by atoms with E-state index in [2.05, 4.69) is 34.7 Å². The van der Waals surface area contributed by atoms with Gasteiger partial charge in [0.25, 0.3) is 0 Å². The molecule has 100 valence electrons. The normalized spacial score (nSPS) is 21.6. The van der Waals surface area contributed by atoms with Gasteiger partial charge in [0.05, 0.1) is 0 Å². The molecule has 0 saturated carbocycles. The molecule has 3 heteroatoms. The van der Waals surface area contributed by atoms with Crippen LogP contribution in [-0.4, -0.2) is 29.2 Å². The third kappa shape index (κ3) is 5.41. The molecule has 1 aliphatic heterocycles. The highest BCUT2D eigenvalue weighted by molar-refractivity contribution is 9.09. The predicted octanol–water partition coefficient (Wildman–Crippen LogP) is 3.84. The Kier molecular flexibility index (Phi) is 7.17. The first-order valence-electron chi connectivity index (χ1n) is 6.99. The van der Waals surface area contributed by atoms with Gasteiger partial charge in [0.1, 0.15) is 0 Å². The lowest BCUT2D eigenvalue weighted by atomic mass is 9.89. The second-order valence-electron chi connectivity index (χ2n) is 5.46. The van der Waals surface area contributed by atoms with Crippen molar-refractivity contribution >= 4 is 21.8 Å². The molecule has 0 spiro atoms. The van der Waals surface area contributed by atoms with E-state index in [9.17, 15) is 4.79 Å². The maximum atomic E-state index is 12.0. The van der Waals surface area contributed by atoms with E-state index < -0.39 is 0 Å². The first kappa shape index (κ1) is 15.0. The van der Waals surface area contributed by atoms with Crippen LogP contribution in [0.1, 0.15) is 52.4 Å². The summed E-state index contributed by atoms with van der Waals surface area (Å²) in [5.74, 6) is 1.95. The molecule has 0 aromatic carbocycles. The molecule has 0 bridgehead atoms. The zero-order chi connectivity index (χ0) is 12.7. The van der Waals surface area contributed by atoms with E-state index in [1.165, 1.54) is 19.3 Å². The second kappa shape index (κ2) is 8.12. The van der Waals surface area contributed by atoms with Gasteiger partial charge in [-0.15, -0.1) is 0 Å². The number of halogens is 1. The van der Waals surface area contributed by atoms with Gasteiger partial charge >= 0.3 is 0 Å². The van der Waals surface area contributed by atoms with Gasteiger partial charge < -0.3 is 4.90 Å². The summed E-state index contributed by atoms with van der Waals surface area (Å²) in [6.45, 7) is 6.57. The molecule has 1 amide bonds. The molecule has 2 nitrogen and oxygen atoms in total. The predicted molar refractivity (Wildman–Crippen MR) is 76.4 cm³/mol. The molecular weight excluding hydrogens is 278 g/mol. The summed E-state index contributed by atoms with van der Waals surface area (Å²) < 4.78 is 0. The Balaban J connectivity index is 2.32. The van der Waals surface area contributed by atoms with Gasteiger partial charge in [0.2, 0.25) is 5.91 Å². The lowest BCUT2D eigenvalue weighted by Crippen LogP contribution is -2.31. The largest absolute Gasteiger partial charge is 0.343 e. The summed E-state index contributed by atoms with van der Waals surface area (Å²) in [5.41, 5.74) is 0. The number of unbranched alkanes of at least 4 members (excludes halogenated alkanes) is 1. The molecule has 0 aromatic heterocycles. The molecule has 1 heterocycles. The Bertz CT molecular complexity index is 230. The third-order valence-electron chi connectivity index (χ3n) is 3.84. The monoisotopic (exact) mass is 303 g/mol. The Labute approximate surface area is 114 Å². The summed E-state index contributed by atoms with van der Waals surface area (Å²) in [6.07, 6.45) is 6.54. The van der Waals surface area contributed by atoms with E-state index in [-0.39, 0.29) is 0 Å². The Morgan fingerprint density at radius 2 is 2.06 bits per heavy atom. The van der Waals surface area contributed by atoms with Gasteiger partial charge in [-0.3, -0.25) is 4.79 Å². The minimum Gasteiger partial charge on any atom is -0.343 e. The maximum absolute atomic E-state index is 12.0. The van der Waals surface area contributed by atoms with E-state index in [1.807, 2.05) is 0 Å². The van der Waals surface area contributed by atoms with E-state index in [1.54, 1.807) is 0 Å². The summed E-state index contributed by atoms with van der Waals surface area (Å²) in [4.78, 5) is 14.1. The molecule has 0 N–H and O–H groups in total. The van der Waals surface area contributed by atoms with Gasteiger partial charge in [-0.05, 0) is 43.9 Å². The van der Waals surface area contributed by atoms with Crippen molar-refractivity contribution in [1.29, 1.82) is 0 Å². The number of hydrogen-bond donors (Lipinski definition) is 0. The number of likely N-dealkylation sites (tertiary alicyclic amines) is 1. The van der Waals surface area contributed by atoms with Crippen molar-refractivity contribution in [2.75, 3.05) is 18.4 Å². The summed E-state index contributed by atoms with van der Waals surface area (Å²) in [7, 11) is 0. The summed E-state index contributed by atoms with van der Waals surface area (Å²) >= 11 is 3.41. The van der Waals surface area contributed by atoms with Crippen molar-refractivity contribution in [3.05, 3.63) is 0 Å². The van der Waals surface area contributed by atoms with Crippen LogP contribution in [0, 0.1) is 11.8 Å². The van der Waals surface area contributed by atoms with Crippen LogP contribution < -0.4 is 0 Å². The molecule has 1 aliphatic rings. The number of carbonyl (C=O) groups is 1. The van der Waals surface area contributed by atoms with Crippen molar-refractivity contribution in [2.24, 2.45) is 11.8 Å². The Morgan fingerprint density at radius 3 is 2.71 bits per heavy atom. The van der Waals surface area contributed by atoms with Crippen LogP contribution in [0.5, 0.6) is 0 Å². The standard InChI is InChI=1S/C14H26BrNO/c1-12(2)13-6-5-10-16(11-8-13)14(17)7-3-4-9-15/h12-13H,3-11H2,1-2H3. The minimum absolute atomic E-state index is 0.371. The number of hydrogen-bond acceptors (Lipinski definition) is 1. The average molecular weight is 304 g/mol. The van der Waals surface area contributed by atoms with Crippen molar-refractivity contribution in [3.63, 3.8) is 0 Å². The third-order valence-corrected chi connectivity index (χ3v) is 4.40. The van der Waals surface area contributed by atoms with Crippen LogP contribution in [0.4, 0.5) is 0 Å². The van der Waals surface area contributed by atoms with Crippen LogP contribution in [0.15, 0.2) is 0 Å². The molecule has 1 rings (SSSR count). The number of carbonyl (C=O) groups excluding carboxylic acids is 1. The van der Waals surface area contributed by atoms with Crippen molar-refractivity contribution < 1.29 is 4.79 Å². The second-order valence-corrected chi connectivity index (χ2v) is 6.25. The first-order valence-corrected chi connectivity index (χ1v) is 8.11. The van der Waals surface area contributed by atoms with Crippen LogP contribution in [0.3, 0.4) is 0 Å². The van der Waals surface area contributed by atoms with Crippen LogP contribution in [-0.2, 0) is 4.79 Å². The SMILES string of the molecule is CC(C)C1CCCN(C(=O)CCCCBr)CC1. The van der Waals surface area contributed by atoms with E-state index in [0.717, 1.165) is 49.5 Å².